The summed E-state index contributed by atoms with van der Waals surface area (Å²) in [5.41, 5.74) is 2.83. The molecule has 0 saturated heterocycles. The standard InChI is InChI=1S/C18H18FN3O2/c1-12-15(18(24)21-7-8-23)3-2-4-17(12)22-11-13-5-6-16(19)14(9-13)10-20/h2-6,9,22-23H,7-8,11H2,1H3,(H,21,24). The number of halogens is 1. The lowest BCUT2D eigenvalue weighted by atomic mass is 10.1. The van der Waals surface area contributed by atoms with Gasteiger partial charge in [0.15, 0.2) is 0 Å². The molecule has 0 atom stereocenters. The van der Waals surface area contributed by atoms with Gasteiger partial charge >= 0.3 is 0 Å². The molecule has 5 nitrogen and oxygen atoms in total. The first-order chi connectivity index (χ1) is 11.6. The van der Waals surface area contributed by atoms with Crippen LogP contribution in [0.1, 0.15) is 27.0 Å². The molecule has 0 heterocycles. The van der Waals surface area contributed by atoms with E-state index in [0.29, 0.717) is 12.1 Å². The summed E-state index contributed by atoms with van der Waals surface area (Å²) < 4.78 is 13.3. The van der Waals surface area contributed by atoms with Gasteiger partial charge in [-0.1, -0.05) is 12.1 Å². The van der Waals surface area contributed by atoms with Crippen molar-refractivity contribution in [1.82, 2.24) is 5.32 Å². The van der Waals surface area contributed by atoms with E-state index in [0.717, 1.165) is 16.8 Å². The topological polar surface area (TPSA) is 85.2 Å². The Balaban J connectivity index is 2.13. The van der Waals surface area contributed by atoms with Crippen LogP contribution in [0.5, 0.6) is 0 Å². The Hall–Kier alpha value is -2.91. The zero-order valence-corrected chi connectivity index (χ0v) is 13.3. The highest BCUT2D eigenvalue weighted by Gasteiger charge is 2.11. The van der Waals surface area contributed by atoms with Gasteiger partial charge < -0.3 is 15.7 Å². The van der Waals surface area contributed by atoms with E-state index >= 15 is 0 Å². The van der Waals surface area contributed by atoms with Crippen molar-refractivity contribution in [1.29, 1.82) is 5.26 Å². The van der Waals surface area contributed by atoms with E-state index < -0.39 is 5.82 Å². The lowest BCUT2D eigenvalue weighted by Crippen LogP contribution is -2.27. The van der Waals surface area contributed by atoms with Gasteiger partial charge in [-0.2, -0.15) is 5.26 Å². The van der Waals surface area contributed by atoms with Gasteiger partial charge in [0, 0.05) is 24.3 Å². The van der Waals surface area contributed by atoms with E-state index in [1.807, 2.05) is 19.1 Å². The van der Waals surface area contributed by atoms with Crippen molar-refractivity contribution in [3.05, 3.63) is 64.5 Å². The molecule has 0 aliphatic carbocycles. The van der Waals surface area contributed by atoms with Crippen molar-refractivity contribution in [3.63, 3.8) is 0 Å². The average Bonchev–Trinajstić information content (AvgIpc) is 2.59. The molecule has 0 aliphatic rings. The Morgan fingerprint density at radius 2 is 2.12 bits per heavy atom. The second-order valence-corrected chi connectivity index (χ2v) is 5.24. The maximum absolute atomic E-state index is 13.3. The minimum atomic E-state index is -0.542. The third-order valence-electron chi connectivity index (χ3n) is 3.61. The number of carbonyl (C=O) groups excluding carboxylic acids is 1. The van der Waals surface area contributed by atoms with Crippen LogP contribution in [0.2, 0.25) is 0 Å². The average molecular weight is 327 g/mol. The summed E-state index contributed by atoms with van der Waals surface area (Å²) in [7, 11) is 0. The van der Waals surface area contributed by atoms with Gasteiger partial charge in [-0.25, -0.2) is 4.39 Å². The minimum Gasteiger partial charge on any atom is -0.395 e. The fourth-order valence-electron chi connectivity index (χ4n) is 2.30. The summed E-state index contributed by atoms with van der Waals surface area (Å²) in [4.78, 5) is 12.0. The molecular formula is C18H18FN3O2. The molecule has 0 bridgehead atoms. The summed E-state index contributed by atoms with van der Waals surface area (Å²) in [6.07, 6.45) is 0. The first-order valence-corrected chi connectivity index (χ1v) is 7.48. The fraction of sp³-hybridized carbons (Fsp3) is 0.222. The van der Waals surface area contributed by atoms with E-state index in [-0.39, 0.29) is 24.6 Å². The number of hydrogen-bond donors (Lipinski definition) is 3. The van der Waals surface area contributed by atoms with E-state index in [4.69, 9.17) is 10.4 Å². The quantitative estimate of drug-likeness (QED) is 0.760. The summed E-state index contributed by atoms with van der Waals surface area (Å²) >= 11 is 0. The highest BCUT2D eigenvalue weighted by molar-refractivity contribution is 5.97. The molecule has 1 amide bonds. The molecule has 0 aromatic heterocycles. The Labute approximate surface area is 139 Å². The SMILES string of the molecule is Cc1c(NCc2ccc(F)c(C#N)c2)cccc1C(=O)NCCO. The van der Waals surface area contributed by atoms with Crippen molar-refractivity contribution in [2.45, 2.75) is 13.5 Å². The second kappa shape index (κ2) is 8.09. The maximum Gasteiger partial charge on any atom is 0.251 e. The Kier molecular flexibility index (Phi) is 5.88. The molecule has 3 N–H and O–H groups in total. The predicted octanol–water partition coefficient (Wildman–Crippen LogP) is 2.34. The molecule has 2 rings (SSSR count). The molecule has 0 spiro atoms. The van der Waals surface area contributed by atoms with E-state index in [9.17, 15) is 9.18 Å². The van der Waals surface area contributed by atoms with Crippen molar-refractivity contribution in [2.75, 3.05) is 18.5 Å². The lowest BCUT2D eigenvalue weighted by Gasteiger charge is -2.13. The largest absolute Gasteiger partial charge is 0.395 e. The number of aliphatic hydroxyl groups excluding tert-OH is 1. The molecule has 0 saturated carbocycles. The molecule has 0 fully saturated rings. The van der Waals surface area contributed by atoms with Crippen LogP contribution in [-0.2, 0) is 6.54 Å². The van der Waals surface area contributed by atoms with Gasteiger partial charge in [0.2, 0.25) is 0 Å². The van der Waals surface area contributed by atoms with E-state index in [1.165, 1.54) is 12.1 Å². The smallest absolute Gasteiger partial charge is 0.251 e. The van der Waals surface area contributed by atoms with Crippen LogP contribution >= 0.6 is 0 Å². The van der Waals surface area contributed by atoms with Crippen LogP contribution in [-0.4, -0.2) is 24.2 Å². The highest BCUT2D eigenvalue weighted by Crippen LogP contribution is 2.20. The third kappa shape index (κ3) is 4.09. The number of amides is 1. The summed E-state index contributed by atoms with van der Waals surface area (Å²) in [5.74, 6) is -0.793. The number of hydrogen-bond acceptors (Lipinski definition) is 4. The Bertz CT molecular complexity index is 784. The number of nitriles is 1. The van der Waals surface area contributed by atoms with Crippen molar-refractivity contribution < 1.29 is 14.3 Å². The number of anilines is 1. The predicted molar refractivity (Wildman–Crippen MR) is 89.0 cm³/mol. The number of aliphatic hydroxyl groups is 1. The lowest BCUT2D eigenvalue weighted by molar-refractivity contribution is 0.0944. The molecule has 124 valence electrons. The highest BCUT2D eigenvalue weighted by atomic mass is 19.1. The van der Waals surface area contributed by atoms with Crippen molar-refractivity contribution in [3.8, 4) is 6.07 Å². The van der Waals surface area contributed by atoms with Crippen LogP contribution in [0, 0.1) is 24.1 Å². The third-order valence-corrected chi connectivity index (χ3v) is 3.61. The number of rotatable bonds is 6. The number of nitrogens with one attached hydrogen (secondary N) is 2. The van der Waals surface area contributed by atoms with Crippen LogP contribution in [0.15, 0.2) is 36.4 Å². The van der Waals surface area contributed by atoms with Gasteiger partial charge in [-0.15, -0.1) is 0 Å². The molecular weight excluding hydrogens is 309 g/mol. The maximum atomic E-state index is 13.3. The Morgan fingerprint density at radius 3 is 2.83 bits per heavy atom. The fourth-order valence-corrected chi connectivity index (χ4v) is 2.30. The monoisotopic (exact) mass is 327 g/mol. The van der Waals surface area contributed by atoms with Crippen molar-refractivity contribution in [2.24, 2.45) is 0 Å². The summed E-state index contributed by atoms with van der Waals surface area (Å²) in [6.45, 7) is 2.30. The number of nitrogens with zero attached hydrogens (tertiary/aromatic N) is 1. The molecule has 0 radical (unpaired) electrons. The molecule has 6 heteroatoms. The minimum absolute atomic E-state index is 0.00292. The molecule has 0 unspecified atom stereocenters. The second-order valence-electron chi connectivity index (χ2n) is 5.24. The van der Waals surface area contributed by atoms with Crippen LogP contribution in [0.4, 0.5) is 10.1 Å². The van der Waals surface area contributed by atoms with Gasteiger partial charge in [-0.3, -0.25) is 4.79 Å². The summed E-state index contributed by atoms with van der Waals surface area (Å²) in [5, 5.41) is 23.5. The van der Waals surface area contributed by atoms with Crippen LogP contribution in [0.25, 0.3) is 0 Å². The van der Waals surface area contributed by atoms with Gasteiger partial charge in [-0.05, 0) is 42.3 Å². The van der Waals surface area contributed by atoms with E-state index in [1.54, 1.807) is 18.2 Å². The van der Waals surface area contributed by atoms with Gasteiger partial charge in [0.05, 0.1) is 12.2 Å². The van der Waals surface area contributed by atoms with Gasteiger partial charge in [0.1, 0.15) is 11.9 Å². The molecule has 2 aromatic carbocycles. The van der Waals surface area contributed by atoms with Crippen molar-refractivity contribution >= 4 is 11.6 Å². The molecule has 0 aliphatic heterocycles. The zero-order valence-electron chi connectivity index (χ0n) is 13.3. The molecule has 2 aromatic rings. The van der Waals surface area contributed by atoms with Gasteiger partial charge in [0.25, 0.3) is 5.91 Å². The van der Waals surface area contributed by atoms with E-state index in [2.05, 4.69) is 10.6 Å². The first kappa shape index (κ1) is 17.4. The summed E-state index contributed by atoms with van der Waals surface area (Å²) in [6, 6.07) is 11.5. The normalized spacial score (nSPS) is 10.1. The Morgan fingerprint density at radius 1 is 1.33 bits per heavy atom. The van der Waals surface area contributed by atoms with Crippen LogP contribution < -0.4 is 10.6 Å². The first-order valence-electron chi connectivity index (χ1n) is 7.48. The van der Waals surface area contributed by atoms with Crippen LogP contribution in [0.3, 0.4) is 0 Å². The molecule has 24 heavy (non-hydrogen) atoms. The number of carbonyl (C=O) groups is 1. The zero-order chi connectivity index (χ0) is 17.5. The number of benzene rings is 2.